The summed E-state index contributed by atoms with van der Waals surface area (Å²) < 4.78 is 0. The summed E-state index contributed by atoms with van der Waals surface area (Å²) in [7, 11) is 0. The zero-order chi connectivity index (χ0) is 8.32. The quantitative estimate of drug-likeness (QED) is 0.549. The third kappa shape index (κ3) is 3.54. The Morgan fingerprint density at radius 2 is 1.73 bits per heavy atom. The van der Waals surface area contributed by atoms with Crippen LogP contribution >= 0.6 is 0 Å². The summed E-state index contributed by atoms with van der Waals surface area (Å²) in [6.07, 6.45) is 5.25. The van der Waals surface area contributed by atoms with Crippen molar-refractivity contribution in [1.82, 2.24) is 0 Å². The van der Waals surface area contributed by atoms with Crippen LogP contribution in [0.1, 0.15) is 46.5 Å². The Balaban J connectivity index is 2.34. The molecule has 1 heteroatoms. The Morgan fingerprint density at radius 1 is 1.18 bits per heavy atom. The van der Waals surface area contributed by atoms with E-state index in [9.17, 15) is 0 Å². The van der Waals surface area contributed by atoms with E-state index in [1.165, 1.54) is 31.4 Å². The predicted molar refractivity (Wildman–Crippen MR) is 50.2 cm³/mol. The average molecular weight is 153 g/mol. The van der Waals surface area contributed by atoms with Crippen LogP contribution in [0.4, 0.5) is 0 Å². The highest BCUT2D eigenvalue weighted by atomic mass is 14.8. The highest BCUT2D eigenvalue weighted by Gasteiger charge is 2.11. The van der Waals surface area contributed by atoms with Crippen molar-refractivity contribution in [3.8, 4) is 0 Å². The van der Waals surface area contributed by atoms with Gasteiger partial charge in [-0.3, -0.25) is 4.99 Å². The van der Waals surface area contributed by atoms with E-state index in [0.717, 1.165) is 6.54 Å². The van der Waals surface area contributed by atoms with Gasteiger partial charge in [-0.25, -0.2) is 0 Å². The Bertz CT molecular complexity index is 143. The summed E-state index contributed by atoms with van der Waals surface area (Å²) in [5.41, 5.74) is 1.83. The summed E-state index contributed by atoms with van der Waals surface area (Å²) >= 11 is 0. The minimum absolute atomic E-state index is 0.371. The molecule has 0 aliphatic heterocycles. The van der Waals surface area contributed by atoms with Crippen LogP contribution in [-0.4, -0.2) is 12.3 Å². The lowest BCUT2D eigenvalue weighted by Gasteiger charge is -2.14. The zero-order valence-corrected chi connectivity index (χ0v) is 7.98. The monoisotopic (exact) mass is 153 g/mol. The van der Waals surface area contributed by atoms with Crippen LogP contribution in [0.5, 0.6) is 0 Å². The van der Waals surface area contributed by atoms with Gasteiger partial charge in [-0.2, -0.15) is 0 Å². The Hall–Kier alpha value is -0.330. The minimum atomic E-state index is 0.371. The van der Waals surface area contributed by atoms with E-state index in [2.05, 4.69) is 25.8 Å². The second kappa shape index (κ2) is 3.38. The van der Waals surface area contributed by atoms with Gasteiger partial charge in [0.25, 0.3) is 0 Å². The van der Waals surface area contributed by atoms with Crippen LogP contribution in [0.3, 0.4) is 0 Å². The van der Waals surface area contributed by atoms with Crippen LogP contribution < -0.4 is 0 Å². The molecule has 1 rings (SSSR count). The molecule has 0 atom stereocenters. The van der Waals surface area contributed by atoms with Gasteiger partial charge in [0.1, 0.15) is 0 Å². The third-order valence-corrected chi connectivity index (χ3v) is 1.96. The van der Waals surface area contributed by atoms with E-state index in [1.54, 1.807) is 0 Å². The summed E-state index contributed by atoms with van der Waals surface area (Å²) in [5.74, 6) is 0. The van der Waals surface area contributed by atoms with Crippen molar-refractivity contribution in [2.24, 2.45) is 10.4 Å². The molecular weight excluding hydrogens is 134 g/mol. The summed E-state index contributed by atoms with van der Waals surface area (Å²) in [6.45, 7) is 7.73. The molecule has 1 saturated carbocycles. The fraction of sp³-hybridized carbons (Fsp3) is 0.900. The van der Waals surface area contributed by atoms with Gasteiger partial charge in [0, 0.05) is 12.3 Å². The Labute approximate surface area is 69.9 Å². The highest BCUT2D eigenvalue weighted by Crippen LogP contribution is 2.18. The zero-order valence-electron chi connectivity index (χ0n) is 7.98. The van der Waals surface area contributed by atoms with Gasteiger partial charge >= 0.3 is 0 Å². The maximum Gasteiger partial charge on any atom is 0.0437 e. The third-order valence-electron chi connectivity index (χ3n) is 1.96. The molecule has 0 bridgehead atoms. The van der Waals surface area contributed by atoms with Gasteiger partial charge in [0.2, 0.25) is 0 Å². The van der Waals surface area contributed by atoms with Crippen molar-refractivity contribution in [3.05, 3.63) is 0 Å². The highest BCUT2D eigenvalue weighted by molar-refractivity contribution is 5.86. The molecule has 1 aliphatic rings. The van der Waals surface area contributed by atoms with E-state index in [0.29, 0.717) is 5.41 Å². The molecule has 0 unspecified atom stereocenters. The van der Waals surface area contributed by atoms with Crippen LogP contribution in [0.15, 0.2) is 4.99 Å². The van der Waals surface area contributed by atoms with Gasteiger partial charge in [-0.1, -0.05) is 20.8 Å². The van der Waals surface area contributed by atoms with E-state index >= 15 is 0 Å². The van der Waals surface area contributed by atoms with Crippen LogP contribution in [0, 0.1) is 5.41 Å². The Kier molecular flexibility index (Phi) is 2.69. The first-order chi connectivity index (χ1) is 5.08. The molecule has 0 saturated heterocycles. The molecule has 0 aromatic rings. The van der Waals surface area contributed by atoms with Crippen molar-refractivity contribution in [2.75, 3.05) is 6.54 Å². The molecule has 0 N–H and O–H groups in total. The first kappa shape index (κ1) is 8.76. The van der Waals surface area contributed by atoms with Gasteiger partial charge < -0.3 is 0 Å². The maximum absolute atomic E-state index is 4.61. The van der Waals surface area contributed by atoms with Crippen molar-refractivity contribution in [2.45, 2.75) is 46.5 Å². The van der Waals surface area contributed by atoms with Crippen LogP contribution in [0.2, 0.25) is 0 Å². The molecule has 11 heavy (non-hydrogen) atoms. The molecule has 0 aromatic heterocycles. The molecule has 1 nitrogen and oxygen atoms in total. The summed E-state index contributed by atoms with van der Waals surface area (Å²) in [5, 5.41) is 0. The SMILES string of the molecule is CC(C)(C)CN=C1CCCC1. The first-order valence-corrected chi connectivity index (χ1v) is 4.60. The minimum Gasteiger partial charge on any atom is -0.294 e. The number of nitrogens with zero attached hydrogens (tertiary/aromatic N) is 1. The fourth-order valence-electron chi connectivity index (χ4n) is 1.29. The lowest BCUT2D eigenvalue weighted by atomic mass is 9.97. The van der Waals surface area contributed by atoms with Crippen molar-refractivity contribution >= 4 is 5.71 Å². The fourth-order valence-corrected chi connectivity index (χ4v) is 1.29. The molecule has 0 aromatic carbocycles. The van der Waals surface area contributed by atoms with Crippen molar-refractivity contribution in [1.29, 1.82) is 0 Å². The van der Waals surface area contributed by atoms with E-state index in [-0.39, 0.29) is 0 Å². The normalized spacial score (nSPS) is 19.0. The molecule has 1 aliphatic carbocycles. The second-order valence-electron chi connectivity index (χ2n) is 4.65. The molecule has 1 fully saturated rings. The Morgan fingerprint density at radius 3 is 2.18 bits per heavy atom. The van der Waals surface area contributed by atoms with Crippen molar-refractivity contribution < 1.29 is 0 Å². The topological polar surface area (TPSA) is 12.4 Å². The lowest BCUT2D eigenvalue weighted by Crippen LogP contribution is -2.10. The lowest BCUT2D eigenvalue weighted by molar-refractivity contribution is 0.429. The average Bonchev–Trinajstić information content (AvgIpc) is 2.32. The largest absolute Gasteiger partial charge is 0.294 e. The van der Waals surface area contributed by atoms with E-state index in [1.807, 2.05) is 0 Å². The summed E-state index contributed by atoms with van der Waals surface area (Å²) in [4.78, 5) is 4.61. The van der Waals surface area contributed by atoms with Gasteiger partial charge in [-0.05, 0) is 31.1 Å². The molecule has 0 heterocycles. The predicted octanol–water partition coefficient (Wildman–Crippen LogP) is 3.05. The number of rotatable bonds is 1. The van der Waals surface area contributed by atoms with E-state index in [4.69, 9.17) is 0 Å². The van der Waals surface area contributed by atoms with Crippen molar-refractivity contribution in [3.63, 3.8) is 0 Å². The molecule has 64 valence electrons. The molecule has 0 radical (unpaired) electrons. The standard InChI is InChI=1S/C10H19N/c1-10(2,3)8-11-9-6-4-5-7-9/h4-8H2,1-3H3. The summed E-state index contributed by atoms with van der Waals surface area (Å²) in [6, 6.07) is 0. The second-order valence-corrected chi connectivity index (χ2v) is 4.65. The van der Waals surface area contributed by atoms with Gasteiger partial charge in [-0.15, -0.1) is 0 Å². The van der Waals surface area contributed by atoms with Gasteiger partial charge in [0.05, 0.1) is 0 Å². The smallest absolute Gasteiger partial charge is 0.0437 e. The van der Waals surface area contributed by atoms with Crippen LogP contribution in [-0.2, 0) is 0 Å². The molecule has 0 amide bonds. The van der Waals surface area contributed by atoms with Crippen LogP contribution in [0.25, 0.3) is 0 Å². The number of aliphatic imine (C=N–C) groups is 1. The molecular formula is C10H19N. The molecule has 0 spiro atoms. The first-order valence-electron chi connectivity index (χ1n) is 4.60. The number of hydrogen-bond donors (Lipinski definition) is 0. The number of hydrogen-bond acceptors (Lipinski definition) is 1. The maximum atomic E-state index is 4.61. The van der Waals surface area contributed by atoms with Gasteiger partial charge in [0.15, 0.2) is 0 Å². The van der Waals surface area contributed by atoms with E-state index < -0.39 is 0 Å².